The van der Waals surface area contributed by atoms with Gasteiger partial charge >= 0.3 is 5.97 Å². The lowest BCUT2D eigenvalue weighted by Gasteiger charge is -2.12. The molecular formula is C13H11F2NO4. The fraction of sp³-hybridized carbons (Fsp3) is 0.308. The van der Waals surface area contributed by atoms with Crippen LogP contribution in [0, 0.1) is 17.6 Å². The molecule has 1 saturated heterocycles. The van der Waals surface area contributed by atoms with Crippen molar-refractivity contribution in [3.63, 3.8) is 0 Å². The third-order valence-corrected chi connectivity index (χ3v) is 3.11. The Morgan fingerprint density at radius 3 is 2.65 bits per heavy atom. The van der Waals surface area contributed by atoms with Crippen molar-refractivity contribution in [2.75, 3.05) is 6.54 Å². The van der Waals surface area contributed by atoms with Gasteiger partial charge in [0.25, 0.3) is 0 Å². The summed E-state index contributed by atoms with van der Waals surface area (Å²) in [5, 5.41) is 8.61. The highest BCUT2D eigenvalue weighted by atomic mass is 19.1. The van der Waals surface area contributed by atoms with Gasteiger partial charge in [0.1, 0.15) is 18.2 Å². The number of likely N-dealkylation sites (tertiary alicyclic amines) is 1. The third-order valence-electron chi connectivity index (χ3n) is 3.11. The van der Waals surface area contributed by atoms with Gasteiger partial charge in [-0.2, -0.15) is 0 Å². The van der Waals surface area contributed by atoms with Crippen LogP contribution < -0.4 is 0 Å². The third kappa shape index (κ3) is 2.81. The van der Waals surface area contributed by atoms with Crippen molar-refractivity contribution in [2.24, 2.45) is 5.92 Å². The lowest BCUT2D eigenvalue weighted by Crippen LogP contribution is -2.35. The van der Waals surface area contributed by atoms with Crippen molar-refractivity contribution in [3.8, 4) is 0 Å². The topological polar surface area (TPSA) is 74.7 Å². The number of rotatable bonds is 4. The molecule has 1 aliphatic heterocycles. The standard InChI is InChI=1S/C13H11F2NO4/c14-9-2-1-7(10(15)5-9)3-8-4-11(17)16(13(8)20)6-12(18)19/h1-2,5,8H,3-4,6H2,(H,18,19). The first kappa shape index (κ1) is 14.1. The number of carboxylic acids is 1. The van der Waals surface area contributed by atoms with Gasteiger partial charge in [-0.25, -0.2) is 8.78 Å². The fourth-order valence-corrected chi connectivity index (χ4v) is 2.17. The van der Waals surface area contributed by atoms with Crippen LogP contribution in [0.3, 0.4) is 0 Å². The maximum atomic E-state index is 13.5. The maximum Gasteiger partial charge on any atom is 0.323 e. The first-order valence-corrected chi connectivity index (χ1v) is 5.88. The van der Waals surface area contributed by atoms with E-state index in [0.717, 1.165) is 6.07 Å². The number of imide groups is 1. The van der Waals surface area contributed by atoms with Gasteiger partial charge in [0, 0.05) is 12.5 Å². The van der Waals surface area contributed by atoms with Crippen LogP contribution in [0.4, 0.5) is 8.78 Å². The monoisotopic (exact) mass is 283 g/mol. The first-order chi connectivity index (χ1) is 9.38. The summed E-state index contributed by atoms with van der Waals surface area (Å²) in [6, 6.07) is 2.97. The van der Waals surface area contributed by atoms with E-state index in [9.17, 15) is 23.2 Å². The number of aliphatic carboxylic acids is 1. The van der Waals surface area contributed by atoms with E-state index in [-0.39, 0.29) is 18.4 Å². The van der Waals surface area contributed by atoms with Gasteiger partial charge in [-0.3, -0.25) is 19.3 Å². The van der Waals surface area contributed by atoms with Gasteiger partial charge in [-0.05, 0) is 18.1 Å². The highest BCUT2D eigenvalue weighted by Crippen LogP contribution is 2.24. The van der Waals surface area contributed by atoms with Gasteiger partial charge in [0.05, 0.1) is 5.92 Å². The Bertz CT molecular complexity index is 588. The summed E-state index contributed by atoms with van der Waals surface area (Å²) >= 11 is 0. The van der Waals surface area contributed by atoms with Crippen LogP contribution >= 0.6 is 0 Å². The summed E-state index contributed by atoms with van der Waals surface area (Å²) in [5.74, 6) is -4.84. The van der Waals surface area contributed by atoms with Crippen molar-refractivity contribution in [3.05, 3.63) is 35.4 Å². The Morgan fingerprint density at radius 2 is 2.05 bits per heavy atom. The number of carboxylic acid groups (broad SMARTS) is 1. The lowest BCUT2D eigenvalue weighted by atomic mass is 9.97. The smallest absolute Gasteiger partial charge is 0.323 e. The SMILES string of the molecule is O=C(O)CN1C(=O)CC(Cc2ccc(F)cc2F)C1=O. The molecule has 2 amide bonds. The highest BCUT2D eigenvalue weighted by Gasteiger charge is 2.39. The fourth-order valence-electron chi connectivity index (χ4n) is 2.17. The molecule has 1 aromatic carbocycles. The van der Waals surface area contributed by atoms with Gasteiger partial charge in [-0.1, -0.05) is 6.07 Å². The van der Waals surface area contributed by atoms with E-state index in [0.29, 0.717) is 11.0 Å². The van der Waals surface area contributed by atoms with Crippen LogP contribution in [-0.4, -0.2) is 34.3 Å². The van der Waals surface area contributed by atoms with Crippen LogP contribution in [0.5, 0.6) is 0 Å². The van der Waals surface area contributed by atoms with E-state index in [2.05, 4.69) is 0 Å². The van der Waals surface area contributed by atoms with Gasteiger partial charge in [0.15, 0.2) is 0 Å². The molecule has 1 atom stereocenters. The molecule has 1 fully saturated rings. The Hall–Kier alpha value is -2.31. The molecule has 1 unspecified atom stereocenters. The minimum absolute atomic E-state index is 0.0627. The van der Waals surface area contributed by atoms with Crippen LogP contribution in [-0.2, 0) is 20.8 Å². The van der Waals surface area contributed by atoms with Crippen molar-refractivity contribution in [1.82, 2.24) is 4.90 Å². The van der Waals surface area contributed by atoms with Gasteiger partial charge in [-0.15, -0.1) is 0 Å². The summed E-state index contributed by atoms with van der Waals surface area (Å²) in [6.45, 7) is -0.694. The molecule has 1 aliphatic rings. The number of amides is 2. The number of nitrogens with zero attached hydrogens (tertiary/aromatic N) is 1. The predicted octanol–water partition coefficient (Wildman–Crippen LogP) is 0.967. The molecule has 0 aliphatic carbocycles. The summed E-state index contributed by atoms with van der Waals surface area (Å²) in [6.07, 6.45) is -0.226. The second-order valence-corrected chi connectivity index (χ2v) is 4.55. The van der Waals surface area contributed by atoms with Crippen molar-refractivity contribution < 1.29 is 28.3 Å². The van der Waals surface area contributed by atoms with Crippen molar-refractivity contribution in [2.45, 2.75) is 12.8 Å². The van der Waals surface area contributed by atoms with Crippen molar-refractivity contribution >= 4 is 17.8 Å². The molecule has 5 nitrogen and oxygen atoms in total. The Labute approximate surface area is 112 Å². The molecule has 0 bridgehead atoms. The number of carbonyl (C=O) groups excluding carboxylic acids is 2. The molecular weight excluding hydrogens is 272 g/mol. The summed E-state index contributed by atoms with van der Waals surface area (Å²) in [5.41, 5.74) is 0.120. The summed E-state index contributed by atoms with van der Waals surface area (Å²) < 4.78 is 26.3. The Balaban J connectivity index is 2.13. The van der Waals surface area contributed by atoms with E-state index in [1.807, 2.05) is 0 Å². The second kappa shape index (κ2) is 5.36. The zero-order chi connectivity index (χ0) is 14.9. The number of hydrogen-bond donors (Lipinski definition) is 1. The van der Waals surface area contributed by atoms with E-state index in [1.165, 1.54) is 6.07 Å². The zero-order valence-electron chi connectivity index (χ0n) is 10.3. The normalized spacial score (nSPS) is 18.7. The molecule has 106 valence electrons. The summed E-state index contributed by atoms with van der Waals surface area (Å²) in [7, 11) is 0. The molecule has 0 saturated carbocycles. The Morgan fingerprint density at radius 1 is 1.35 bits per heavy atom. The Kier molecular flexibility index (Phi) is 3.78. The van der Waals surface area contributed by atoms with Crippen LogP contribution in [0.15, 0.2) is 18.2 Å². The minimum atomic E-state index is -1.29. The largest absolute Gasteiger partial charge is 0.480 e. The van der Waals surface area contributed by atoms with E-state index in [4.69, 9.17) is 5.11 Å². The summed E-state index contributed by atoms with van der Waals surface area (Å²) in [4.78, 5) is 34.6. The number of benzene rings is 1. The molecule has 20 heavy (non-hydrogen) atoms. The molecule has 0 aromatic heterocycles. The minimum Gasteiger partial charge on any atom is -0.480 e. The van der Waals surface area contributed by atoms with Gasteiger partial charge < -0.3 is 5.11 Å². The average Bonchev–Trinajstić information content (AvgIpc) is 2.60. The van der Waals surface area contributed by atoms with Gasteiger partial charge in [0.2, 0.25) is 11.8 Å². The molecule has 0 spiro atoms. The molecule has 1 heterocycles. The second-order valence-electron chi connectivity index (χ2n) is 4.55. The lowest BCUT2D eigenvalue weighted by molar-refractivity contribution is -0.149. The van der Waals surface area contributed by atoms with Crippen LogP contribution in [0.2, 0.25) is 0 Å². The highest BCUT2D eigenvalue weighted by molar-refractivity contribution is 6.05. The molecule has 1 aromatic rings. The first-order valence-electron chi connectivity index (χ1n) is 5.88. The van der Waals surface area contributed by atoms with E-state index >= 15 is 0 Å². The van der Waals surface area contributed by atoms with E-state index in [1.54, 1.807) is 0 Å². The average molecular weight is 283 g/mol. The number of hydrogen-bond acceptors (Lipinski definition) is 3. The molecule has 1 N–H and O–H groups in total. The van der Waals surface area contributed by atoms with Crippen LogP contribution in [0.25, 0.3) is 0 Å². The number of halogens is 2. The van der Waals surface area contributed by atoms with Crippen molar-refractivity contribution in [1.29, 1.82) is 0 Å². The van der Waals surface area contributed by atoms with E-state index < -0.39 is 41.9 Å². The maximum absolute atomic E-state index is 13.5. The number of carbonyl (C=O) groups is 3. The molecule has 0 radical (unpaired) electrons. The zero-order valence-corrected chi connectivity index (χ0v) is 10.3. The quantitative estimate of drug-likeness (QED) is 0.835. The molecule has 2 rings (SSSR count). The van der Waals surface area contributed by atoms with Crippen LogP contribution in [0.1, 0.15) is 12.0 Å². The predicted molar refractivity (Wildman–Crippen MR) is 62.5 cm³/mol. The molecule has 7 heteroatoms.